The maximum Gasteiger partial charge on any atom is 0.174 e. The number of ketones is 1. The largest absolute Gasteiger partial charge is 0.497 e. The van der Waals surface area contributed by atoms with E-state index >= 15 is 0 Å². The van der Waals surface area contributed by atoms with Crippen LogP contribution in [0.2, 0.25) is 0 Å². The van der Waals surface area contributed by atoms with Gasteiger partial charge in [0.2, 0.25) is 0 Å². The summed E-state index contributed by atoms with van der Waals surface area (Å²) in [4.78, 5) is 18.3. The molecule has 1 spiro atoms. The molecule has 0 aliphatic carbocycles. The molecule has 136 valence electrons. The van der Waals surface area contributed by atoms with Crippen LogP contribution >= 0.6 is 11.8 Å². The second-order valence-electron chi connectivity index (χ2n) is 7.04. The second kappa shape index (κ2) is 6.63. The summed E-state index contributed by atoms with van der Waals surface area (Å²) in [7, 11) is 5.43. The number of fused-ring (bicyclic) bond motifs is 3. The zero-order chi connectivity index (χ0) is 18.3. The molecule has 26 heavy (non-hydrogen) atoms. The first-order chi connectivity index (χ1) is 12.6. The van der Waals surface area contributed by atoms with E-state index in [0.717, 1.165) is 58.3 Å². The summed E-state index contributed by atoms with van der Waals surface area (Å²) in [5, 5.41) is 0. The fourth-order valence-electron chi connectivity index (χ4n) is 4.00. The zero-order valence-corrected chi connectivity index (χ0v) is 16.2. The third-order valence-electron chi connectivity index (χ3n) is 5.63. The summed E-state index contributed by atoms with van der Waals surface area (Å²) < 4.78 is 10.9. The van der Waals surface area contributed by atoms with Gasteiger partial charge < -0.3 is 14.4 Å². The van der Waals surface area contributed by atoms with Crippen molar-refractivity contribution >= 4 is 17.5 Å². The number of carbonyl (C=O) groups is 1. The molecule has 2 aliphatic heterocycles. The van der Waals surface area contributed by atoms with Crippen LogP contribution in [-0.2, 0) is 5.41 Å². The zero-order valence-electron chi connectivity index (χ0n) is 15.4. The SMILES string of the molecule is COc1ccc2c(c1)C(=O)C1(CCN(C)CC1)c1cc(OC)ccc1S2. The van der Waals surface area contributed by atoms with Gasteiger partial charge in [0.25, 0.3) is 0 Å². The molecule has 0 amide bonds. The van der Waals surface area contributed by atoms with Crippen molar-refractivity contribution in [2.24, 2.45) is 0 Å². The molecule has 5 heteroatoms. The maximum absolute atomic E-state index is 13.8. The smallest absolute Gasteiger partial charge is 0.174 e. The molecule has 0 bridgehead atoms. The van der Waals surface area contributed by atoms with Gasteiger partial charge in [0.05, 0.1) is 19.6 Å². The summed E-state index contributed by atoms with van der Waals surface area (Å²) in [5.41, 5.74) is 1.38. The summed E-state index contributed by atoms with van der Waals surface area (Å²) in [6.07, 6.45) is 1.64. The Morgan fingerprint density at radius 1 is 0.962 bits per heavy atom. The number of piperidine rings is 1. The van der Waals surface area contributed by atoms with Gasteiger partial charge in [0.1, 0.15) is 11.5 Å². The van der Waals surface area contributed by atoms with Gasteiger partial charge in [-0.25, -0.2) is 0 Å². The number of methoxy groups -OCH3 is 2. The highest BCUT2D eigenvalue weighted by Crippen LogP contribution is 2.50. The lowest BCUT2D eigenvalue weighted by Gasteiger charge is -2.40. The molecule has 1 fully saturated rings. The average Bonchev–Trinajstić information content (AvgIpc) is 2.77. The number of rotatable bonds is 2. The van der Waals surface area contributed by atoms with E-state index in [4.69, 9.17) is 9.47 Å². The molecule has 0 atom stereocenters. The van der Waals surface area contributed by atoms with Crippen LogP contribution in [0.25, 0.3) is 0 Å². The molecule has 0 unspecified atom stereocenters. The highest BCUT2D eigenvalue weighted by atomic mass is 32.2. The van der Waals surface area contributed by atoms with E-state index in [1.165, 1.54) is 0 Å². The molecule has 2 aromatic carbocycles. The van der Waals surface area contributed by atoms with Gasteiger partial charge in [0.15, 0.2) is 5.78 Å². The van der Waals surface area contributed by atoms with E-state index in [-0.39, 0.29) is 5.78 Å². The van der Waals surface area contributed by atoms with E-state index in [9.17, 15) is 4.79 Å². The van der Waals surface area contributed by atoms with Gasteiger partial charge in [0, 0.05) is 15.4 Å². The third-order valence-corrected chi connectivity index (χ3v) is 6.78. The van der Waals surface area contributed by atoms with Crippen molar-refractivity contribution in [1.29, 1.82) is 0 Å². The standard InChI is InChI=1S/C21H23NO3S/c1-22-10-8-21(9-11-22)17-13-15(25-3)5-7-19(17)26-18-6-4-14(24-2)12-16(18)20(21)23/h4-7,12-13H,8-11H2,1-3H3. The average molecular weight is 369 g/mol. The van der Waals surface area contributed by atoms with Crippen molar-refractivity contribution in [2.75, 3.05) is 34.4 Å². The summed E-state index contributed by atoms with van der Waals surface area (Å²) in [5.74, 6) is 1.74. The predicted octanol–water partition coefficient (Wildman–Crippen LogP) is 4.01. The van der Waals surface area contributed by atoms with Gasteiger partial charge in [-0.1, -0.05) is 11.8 Å². The summed E-state index contributed by atoms with van der Waals surface area (Å²) in [6, 6.07) is 12.0. The number of hydrogen-bond acceptors (Lipinski definition) is 5. The van der Waals surface area contributed by atoms with Gasteiger partial charge in [-0.3, -0.25) is 4.79 Å². The highest BCUT2D eigenvalue weighted by Gasteiger charge is 2.46. The van der Waals surface area contributed by atoms with Crippen LogP contribution in [0, 0.1) is 0 Å². The molecule has 0 aromatic heterocycles. The van der Waals surface area contributed by atoms with Crippen LogP contribution in [0.3, 0.4) is 0 Å². The van der Waals surface area contributed by atoms with Crippen LogP contribution < -0.4 is 9.47 Å². The molecule has 2 aliphatic rings. The Balaban J connectivity index is 1.94. The summed E-state index contributed by atoms with van der Waals surface area (Å²) in [6.45, 7) is 1.82. The van der Waals surface area contributed by atoms with Gasteiger partial charge in [-0.2, -0.15) is 0 Å². The molecule has 2 heterocycles. The molecule has 0 saturated carbocycles. The first-order valence-electron chi connectivity index (χ1n) is 8.85. The number of nitrogens with zero attached hydrogens (tertiary/aromatic N) is 1. The lowest BCUT2D eigenvalue weighted by atomic mass is 9.68. The number of likely N-dealkylation sites (tertiary alicyclic amines) is 1. The van der Waals surface area contributed by atoms with Crippen molar-refractivity contribution in [1.82, 2.24) is 4.90 Å². The van der Waals surface area contributed by atoms with Crippen molar-refractivity contribution < 1.29 is 14.3 Å². The van der Waals surface area contributed by atoms with Gasteiger partial charge >= 0.3 is 0 Å². The predicted molar refractivity (Wildman–Crippen MR) is 103 cm³/mol. The maximum atomic E-state index is 13.8. The first-order valence-corrected chi connectivity index (χ1v) is 9.67. The molecular formula is C21H23NO3S. The lowest BCUT2D eigenvalue weighted by Crippen LogP contribution is -2.46. The minimum absolute atomic E-state index is 0.207. The van der Waals surface area contributed by atoms with Gasteiger partial charge in [-0.05, 0) is 74.9 Å². The lowest BCUT2D eigenvalue weighted by molar-refractivity contribution is 0.0787. The number of ether oxygens (including phenoxy) is 2. The topological polar surface area (TPSA) is 38.8 Å². The van der Waals surface area contributed by atoms with Crippen molar-refractivity contribution in [2.45, 2.75) is 28.0 Å². The minimum atomic E-state index is -0.499. The Kier molecular flexibility index (Phi) is 4.45. The number of hydrogen-bond donors (Lipinski definition) is 0. The Bertz CT molecular complexity index is 856. The first kappa shape index (κ1) is 17.4. The number of carbonyl (C=O) groups excluding carboxylic acids is 1. The number of Topliss-reactive ketones (excluding diaryl/α,β-unsaturated/α-hetero) is 1. The van der Waals surface area contributed by atoms with Crippen LogP contribution in [-0.4, -0.2) is 45.0 Å². The Labute approximate surface area is 158 Å². The van der Waals surface area contributed by atoms with E-state index in [1.807, 2.05) is 24.3 Å². The fourth-order valence-corrected chi connectivity index (χ4v) is 5.13. The normalized spacial score (nSPS) is 18.8. The van der Waals surface area contributed by atoms with E-state index < -0.39 is 5.41 Å². The Morgan fingerprint density at radius 3 is 2.23 bits per heavy atom. The van der Waals surface area contributed by atoms with Crippen molar-refractivity contribution in [3.63, 3.8) is 0 Å². The molecule has 4 nitrogen and oxygen atoms in total. The molecule has 1 saturated heterocycles. The van der Waals surface area contributed by atoms with Crippen molar-refractivity contribution in [3.05, 3.63) is 47.5 Å². The van der Waals surface area contributed by atoms with Crippen molar-refractivity contribution in [3.8, 4) is 11.5 Å². The Hall–Kier alpha value is -1.98. The molecule has 4 rings (SSSR count). The third kappa shape index (κ3) is 2.70. The Morgan fingerprint density at radius 2 is 1.58 bits per heavy atom. The van der Waals surface area contributed by atoms with E-state index in [1.54, 1.807) is 26.0 Å². The fraction of sp³-hybridized carbons (Fsp3) is 0.381. The quantitative estimate of drug-likeness (QED) is 0.800. The van der Waals surface area contributed by atoms with Crippen LogP contribution in [0.5, 0.6) is 11.5 Å². The monoisotopic (exact) mass is 369 g/mol. The number of benzene rings is 2. The van der Waals surface area contributed by atoms with E-state index in [0.29, 0.717) is 0 Å². The minimum Gasteiger partial charge on any atom is -0.497 e. The second-order valence-corrected chi connectivity index (χ2v) is 8.12. The highest BCUT2D eigenvalue weighted by molar-refractivity contribution is 7.99. The van der Waals surface area contributed by atoms with Gasteiger partial charge in [-0.15, -0.1) is 0 Å². The van der Waals surface area contributed by atoms with Crippen LogP contribution in [0.4, 0.5) is 0 Å². The molecule has 0 radical (unpaired) electrons. The van der Waals surface area contributed by atoms with Crippen LogP contribution in [0.1, 0.15) is 28.8 Å². The molecule has 2 aromatic rings. The molecule has 0 N–H and O–H groups in total. The van der Waals surface area contributed by atoms with E-state index in [2.05, 4.69) is 24.1 Å². The van der Waals surface area contributed by atoms with Crippen LogP contribution in [0.15, 0.2) is 46.2 Å². The molecular weight excluding hydrogens is 346 g/mol. The summed E-state index contributed by atoms with van der Waals surface area (Å²) >= 11 is 1.67.